The number of rotatable bonds is 4. The fourth-order valence-electron chi connectivity index (χ4n) is 5.73. The average Bonchev–Trinajstić information content (AvgIpc) is 2.85. The number of hydrogen-bond acceptors (Lipinski definition) is 1. The molecule has 0 aliphatic heterocycles. The van der Waals surface area contributed by atoms with E-state index in [1.54, 1.807) is 0 Å². The van der Waals surface area contributed by atoms with E-state index in [2.05, 4.69) is 111 Å². The Labute approximate surface area is 192 Å². The molecule has 0 unspecified atom stereocenters. The Morgan fingerprint density at radius 2 is 1.38 bits per heavy atom. The van der Waals surface area contributed by atoms with Crippen molar-refractivity contribution in [1.29, 1.82) is 0 Å². The quantitative estimate of drug-likeness (QED) is 0.350. The maximum Gasteiger partial charge on any atom is 0.0712 e. The van der Waals surface area contributed by atoms with Crippen LogP contribution in [0.4, 0.5) is 0 Å². The molecule has 0 N–H and O–H groups in total. The van der Waals surface area contributed by atoms with Gasteiger partial charge in [-0.15, -0.1) is 0 Å². The monoisotopic (exact) mass is 433 g/mol. The van der Waals surface area contributed by atoms with Gasteiger partial charge in [0, 0.05) is 11.3 Å². The topological polar surface area (TPSA) is 12.9 Å². The summed E-state index contributed by atoms with van der Waals surface area (Å²) in [4.78, 5) is 5.27. The fraction of sp³-hybridized carbons (Fsp3) is 0.233. The molecule has 0 spiro atoms. The summed E-state index contributed by atoms with van der Waals surface area (Å²) in [6, 6.07) is 35.5. The van der Waals surface area contributed by atoms with Crippen molar-refractivity contribution in [3.05, 3.63) is 108 Å². The highest BCUT2D eigenvalue weighted by atomic mass is 31.1. The Kier molecular flexibility index (Phi) is 4.77. The van der Waals surface area contributed by atoms with Crippen LogP contribution in [0.15, 0.2) is 97.1 Å². The van der Waals surface area contributed by atoms with Crippen molar-refractivity contribution >= 4 is 23.8 Å². The third-order valence-electron chi connectivity index (χ3n) is 7.74. The minimum Gasteiger partial charge on any atom is -0.253 e. The highest BCUT2D eigenvalue weighted by Gasteiger charge is 2.52. The number of pyridine rings is 1. The molecule has 0 saturated heterocycles. The summed E-state index contributed by atoms with van der Waals surface area (Å²) in [6.45, 7) is 4.87. The molecule has 32 heavy (non-hydrogen) atoms. The third kappa shape index (κ3) is 3.14. The predicted octanol–water partition coefficient (Wildman–Crippen LogP) is 6.19. The Morgan fingerprint density at radius 3 is 2.03 bits per heavy atom. The van der Waals surface area contributed by atoms with Crippen LogP contribution in [0.1, 0.15) is 37.4 Å². The van der Waals surface area contributed by atoms with Crippen LogP contribution in [0.2, 0.25) is 0 Å². The molecule has 1 fully saturated rings. The van der Waals surface area contributed by atoms with E-state index in [0.29, 0.717) is 11.3 Å². The van der Waals surface area contributed by atoms with E-state index in [1.165, 1.54) is 39.2 Å². The van der Waals surface area contributed by atoms with Gasteiger partial charge in [-0.1, -0.05) is 105 Å². The normalized spacial score (nSPS) is 20.5. The van der Waals surface area contributed by atoms with E-state index < -0.39 is 7.92 Å². The van der Waals surface area contributed by atoms with Gasteiger partial charge in [-0.3, -0.25) is 4.98 Å². The van der Waals surface area contributed by atoms with Crippen molar-refractivity contribution in [1.82, 2.24) is 4.98 Å². The summed E-state index contributed by atoms with van der Waals surface area (Å²) in [5.41, 5.74) is 5.66. The SMILES string of the molecule is CC1(C)[C@@H]2Cc3nc(-c4ccccc4P(c4ccccc4)c4ccccc4)ccc3[C@H]1C2. The molecule has 1 aromatic heterocycles. The third-order valence-corrected chi connectivity index (χ3v) is 10.2. The van der Waals surface area contributed by atoms with Crippen LogP contribution in [-0.4, -0.2) is 4.98 Å². The molecule has 158 valence electrons. The maximum absolute atomic E-state index is 5.27. The molecular formula is C30H28NP. The Hall–Kier alpha value is -2.76. The number of nitrogens with zero attached hydrogens (tertiary/aromatic N) is 1. The highest BCUT2D eigenvalue weighted by Crippen LogP contribution is 2.61. The van der Waals surface area contributed by atoms with Gasteiger partial charge in [0.2, 0.25) is 0 Å². The average molecular weight is 434 g/mol. The lowest BCUT2D eigenvalue weighted by Crippen LogP contribution is -2.48. The molecule has 1 heterocycles. The van der Waals surface area contributed by atoms with E-state index in [9.17, 15) is 0 Å². The summed E-state index contributed by atoms with van der Waals surface area (Å²) >= 11 is 0. The van der Waals surface area contributed by atoms with Crippen LogP contribution in [0.5, 0.6) is 0 Å². The minimum atomic E-state index is -0.657. The van der Waals surface area contributed by atoms with Gasteiger partial charge >= 0.3 is 0 Å². The van der Waals surface area contributed by atoms with Gasteiger partial charge in [-0.05, 0) is 65.6 Å². The van der Waals surface area contributed by atoms with Gasteiger partial charge in [0.15, 0.2) is 0 Å². The first-order valence-corrected chi connectivity index (χ1v) is 13.0. The fourth-order valence-corrected chi connectivity index (χ4v) is 8.19. The van der Waals surface area contributed by atoms with Gasteiger partial charge in [-0.2, -0.15) is 0 Å². The molecule has 1 nitrogen and oxygen atoms in total. The largest absolute Gasteiger partial charge is 0.253 e. The van der Waals surface area contributed by atoms with Crippen LogP contribution in [0, 0.1) is 11.3 Å². The summed E-state index contributed by atoms with van der Waals surface area (Å²) in [7, 11) is -0.657. The highest BCUT2D eigenvalue weighted by molar-refractivity contribution is 7.80. The Balaban J connectivity index is 1.48. The zero-order chi connectivity index (χ0) is 21.7. The van der Waals surface area contributed by atoms with Gasteiger partial charge in [0.1, 0.15) is 0 Å². The van der Waals surface area contributed by atoms with Crippen molar-refractivity contribution in [2.75, 3.05) is 0 Å². The van der Waals surface area contributed by atoms with Crippen molar-refractivity contribution in [2.24, 2.45) is 11.3 Å². The van der Waals surface area contributed by atoms with Crippen LogP contribution in [0.3, 0.4) is 0 Å². The number of benzene rings is 3. The van der Waals surface area contributed by atoms with Gasteiger partial charge in [0.25, 0.3) is 0 Å². The molecule has 1 saturated carbocycles. The molecule has 2 heteroatoms. The second kappa shape index (κ2) is 7.68. The molecule has 3 aromatic carbocycles. The van der Waals surface area contributed by atoms with Crippen molar-refractivity contribution in [2.45, 2.75) is 32.6 Å². The number of hydrogen-bond donors (Lipinski definition) is 0. The first-order chi connectivity index (χ1) is 15.6. The van der Waals surface area contributed by atoms with E-state index in [4.69, 9.17) is 4.98 Å². The molecule has 3 aliphatic carbocycles. The van der Waals surface area contributed by atoms with E-state index in [-0.39, 0.29) is 0 Å². The van der Waals surface area contributed by atoms with E-state index in [0.717, 1.165) is 18.0 Å². The van der Waals surface area contributed by atoms with Gasteiger partial charge in [-0.25, -0.2) is 0 Å². The Morgan fingerprint density at radius 1 is 0.750 bits per heavy atom. The molecule has 4 aromatic rings. The maximum atomic E-state index is 5.27. The van der Waals surface area contributed by atoms with Crippen LogP contribution < -0.4 is 15.9 Å². The Bertz CT molecular complexity index is 1220. The summed E-state index contributed by atoms with van der Waals surface area (Å²) < 4.78 is 0. The smallest absolute Gasteiger partial charge is 0.0712 e. The lowest BCUT2D eigenvalue weighted by atomic mass is 9.48. The summed E-state index contributed by atoms with van der Waals surface area (Å²) in [6.07, 6.45) is 2.46. The van der Waals surface area contributed by atoms with Gasteiger partial charge in [0.05, 0.1) is 5.69 Å². The van der Waals surface area contributed by atoms with E-state index in [1.807, 2.05) is 0 Å². The van der Waals surface area contributed by atoms with Crippen LogP contribution in [0.25, 0.3) is 11.3 Å². The molecular weight excluding hydrogens is 405 g/mol. The number of aromatic nitrogens is 1. The van der Waals surface area contributed by atoms with Crippen LogP contribution in [-0.2, 0) is 6.42 Å². The molecule has 0 amide bonds. The van der Waals surface area contributed by atoms with Crippen molar-refractivity contribution in [3.63, 3.8) is 0 Å². The zero-order valence-corrected chi connectivity index (χ0v) is 19.6. The zero-order valence-electron chi connectivity index (χ0n) is 18.7. The predicted molar refractivity (Wildman–Crippen MR) is 137 cm³/mol. The lowest BCUT2D eigenvalue weighted by molar-refractivity contribution is 0.0170. The van der Waals surface area contributed by atoms with Crippen molar-refractivity contribution < 1.29 is 0 Å². The first-order valence-electron chi connectivity index (χ1n) is 11.6. The summed E-state index contributed by atoms with van der Waals surface area (Å²) in [5.74, 6) is 1.46. The first kappa shape index (κ1) is 19.9. The molecule has 2 bridgehead atoms. The molecule has 3 aliphatic rings. The lowest BCUT2D eigenvalue weighted by Gasteiger charge is -2.56. The minimum absolute atomic E-state index is 0.434. The molecule has 2 atom stereocenters. The van der Waals surface area contributed by atoms with E-state index >= 15 is 0 Å². The second-order valence-corrected chi connectivity index (χ2v) is 12.0. The van der Waals surface area contributed by atoms with Gasteiger partial charge < -0.3 is 0 Å². The van der Waals surface area contributed by atoms with Crippen LogP contribution >= 0.6 is 7.92 Å². The molecule has 0 radical (unpaired) electrons. The molecule has 7 rings (SSSR count). The standard InChI is InChI=1S/C30H28NP/c1-30(2)21-19-26(30)24-17-18-27(31-28(24)20-21)25-15-9-10-16-29(25)32(22-11-5-3-6-12-22)23-13-7-4-8-14-23/h3-18,21,26H,19-20H2,1-2H3/t21-,26+/m0/s1. The second-order valence-electron chi connectivity index (χ2n) is 9.77. The van der Waals surface area contributed by atoms with Crippen molar-refractivity contribution in [3.8, 4) is 11.3 Å². The summed E-state index contributed by atoms with van der Waals surface area (Å²) in [5, 5.41) is 4.14.